The largest absolute Gasteiger partial charge is 0.416 e. The summed E-state index contributed by atoms with van der Waals surface area (Å²) in [6.07, 6.45) is -4.19. The normalized spacial score (nSPS) is 17.5. The molecule has 10 heteroatoms. The van der Waals surface area contributed by atoms with E-state index in [-0.39, 0.29) is 41.6 Å². The molecule has 2 aromatic rings. The van der Waals surface area contributed by atoms with Crippen molar-refractivity contribution in [2.75, 3.05) is 19.6 Å². The Morgan fingerprint density at radius 2 is 2.00 bits per heavy atom. The van der Waals surface area contributed by atoms with Crippen LogP contribution in [0, 0.1) is 0 Å². The lowest BCUT2D eigenvalue weighted by atomic mass is 10.1. The van der Waals surface area contributed by atoms with E-state index in [0.29, 0.717) is 26.1 Å². The summed E-state index contributed by atoms with van der Waals surface area (Å²) < 4.78 is 43.6. The number of benzene rings is 1. The van der Waals surface area contributed by atoms with Crippen molar-refractivity contribution in [1.29, 1.82) is 0 Å². The van der Waals surface area contributed by atoms with Crippen LogP contribution in [0.5, 0.6) is 0 Å². The summed E-state index contributed by atoms with van der Waals surface area (Å²) in [5.74, 6) is -0.155. The van der Waals surface area contributed by atoms with Gasteiger partial charge in [0.15, 0.2) is 5.82 Å². The predicted octanol–water partition coefficient (Wildman–Crippen LogP) is 2.77. The van der Waals surface area contributed by atoms with Crippen LogP contribution in [0.25, 0.3) is 11.5 Å². The molecular weight excluding hydrogens is 389 g/mol. The Labute approximate surface area is 165 Å². The molecule has 0 N–H and O–H groups in total. The summed E-state index contributed by atoms with van der Waals surface area (Å²) in [5.41, 5.74) is -0.689. The fraction of sp³-hybridized carbons (Fsp3) is 0.474. The van der Waals surface area contributed by atoms with Gasteiger partial charge in [-0.05, 0) is 25.1 Å². The van der Waals surface area contributed by atoms with Gasteiger partial charge in [-0.3, -0.25) is 9.59 Å². The van der Waals surface area contributed by atoms with E-state index in [2.05, 4.69) is 10.1 Å². The maximum atomic E-state index is 12.9. The molecular formula is C19H21F3N4O3. The Kier molecular flexibility index (Phi) is 5.90. The van der Waals surface area contributed by atoms with Crippen molar-refractivity contribution >= 4 is 11.8 Å². The summed E-state index contributed by atoms with van der Waals surface area (Å²) in [6, 6.07) is 4.47. The van der Waals surface area contributed by atoms with E-state index in [1.807, 2.05) is 6.92 Å². The zero-order valence-electron chi connectivity index (χ0n) is 16.1. The third kappa shape index (κ3) is 4.75. The Balaban J connectivity index is 1.65. The van der Waals surface area contributed by atoms with Crippen LogP contribution in [0.15, 0.2) is 28.8 Å². The minimum Gasteiger partial charge on any atom is -0.338 e. The van der Waals surface area contributed by atoms with Gasteiger partial charge < -0.3 is 14.3 Å². The Morgan fingerprint density at radius 1 is 1.24 bits per heavy atom. The number of nitrogens with zero attached hydrogens (tertiary/aromatic N) is 4. The van der Waals surface area contributed by atoms with Crippen molar-refractivity contribution in [3.63, 3.8) is 0 Å². The first-order valence-electron chi connectivity index (χ1n) is 9.26. The third-order valence-electron chi connectivity index (χ3n) is 4.82. The number of carbonyl (C=O) groups excluding carboxylic acids is 2. The molecule has 0 spiro atoms. The first kappa shape index (κ1) is 20.8. The molecule has 1 saturated heterocycles. The smallest absolute Gasteiger partial charge is 0.338 e. The highest BCUT2D eigenvalue weighted by molar-refractivity contribution is 5.79. The first-order valence-corrected chi connectivity index (χ1v) is 9.26. The molecule has 7 nitrogen and oxygen atoms in total. The average Bonchev–Trinajstić information content (AvgIpc) is 3.15. The minimum absolute atomic E-state index is 0.0495. The summed E-state index contributed by atoms with van der Waals surface area (Å²) >= 11 is 0. The minimum atomic E-state index is -4.48. The van der Waals surface area contributed by atoms with E-state index in [1.54, 1.807) is 16.7 Å². The molecule has 1 fully saturated rings. The van der Waals surface area contributed by atoms with Crippen LogP contribution in [0.2, 0.25) is 0 Å². The highest BCUT2D eigenvalue weighted by Gasteiger charge is 2.31. The maximum Gasteiger partial charge on any atom is 0.416 e. The van der Waals surface area contributed by atoms with Crippen molar-refractivity contribution in [3.8, 4) is 11.5 Å². The van der Waals surface area contributed by atoms with Gasteiger partial charge in [-0.1, -0.05) is 18.1 Å². The van der Waals surface area contributed by atoms with Gasteiger partial charge in [-0.2, -0.15) is 18.2 Å². The van der Waals surface area contributed by atoms with Gasteiger partial charge in [0, 0.05) is 37.7 Å². The second-order valence-corrected chi connectivity index (χ2v) is 6.90. The lowest BCUT2D eigenvalue weighted by molar-refractivity contribution is -0.142. The molecule has 29 heavy (non-hydrogen) atoms. The lowest BCUT2D eigenvalue weighted by Crippen LogP contribution is -2.55. The molecule has 0 radical (unpaired) electrons. The molecule has 0 aliphatic carbocycles. The Bertz CT molecular complexity index is 897. The molecule has 1 aliphatic rings. The standard InChI is InChI=1S/C19H21F3N4O3/c1-3-16(27)26-8-7-25(11-12(26)2)17(28)10-15-23-18(29-24-15)13-5-4-6-14(9-13)19(20,21)22/h4-6,9,12H,3,7-8,10-11H2,1-2H3. The first-order chi connectivity index (χ1) is 13.7. The van der Waals surface area contributed by atoms with Crippen LogP contribution >= 0.6 is 0 Å². The van der Waals surface area contributed by atoms with Crippen molar-refractivity contribution in [2.45, 2.75) is 38.9 Å². The maximum absolute atomic E-state index is 12.9. The number of amides is 2. The average molecular weight is 410 g/mol. The van der Waals surface area contributed by atoms with Gasteiger partial charge in [0.1, 0.15) is 0 Å². The SMILES string of the molecule is CCC(=O)N1CCN(C(=O)Cc2noc(-c3cccc(C(F)(F)F)c3)n2)CC1C. The van der Waals surface area contributed by atoms with E-state index >= 15 is 0 Å². The van der Waals surface area contributed by atoms with Gasteiger partial charge in [0.25, 0.3) is 5.89 Å². The molecule has 2 heterocycles. The Morgan fingerprint density at radius 3 is 2.66 bits per heavy atom. The van der Waals surface area contributed by atoms with Crippen molar-refractivity contribution in [1.82, 2.24) is 19.9 Å². The zero-order chi connectivity index (χ0) is 21.2. The monoisotopic (exact) mass is 410 g/mol. The molecule has 1 aromatic heterocycles. The van der Waals surface area contributed by atoms with Crippen LogP contribution in [0.4, 0.5) is 13.2 Å². The topological polar surface area (TPSA) is 79.5 Å². The third-order valence-corrected chi connectivity index (χ3v) is 4.82. The summed E-state index contributed by atoms with van der Waals surface area (Å²) in [6.45, 7) is 4.95. The predicted molar refractivity (Wildman–Crippen MR) is 96.5 cm³/mol. The molecule has 3 rings (SSSR count). The summed E-state index contributed by atoms with van der Waals surface area (Å²) in [4.78, 5) is 31.9. The molecule has 1 unspecified atom stereocenters. The fourth-order valence-corrected chi connectivity index (χ4v) is 3.28. The number of carbonyl (C=O) groups is 2. The zero-order valence-corrected chi connectivity index (χ0v) is 16.1. The molecule has 2 amide bonds. The van der Waals surface area contributed by atoms with Gasteiger partial charge in [-0.25, -0.2) is 0 Å². The number of rotatable bonds is 4. The number of hydrogen-bond donors (Lipinski definition) is 0. The molecule has 1 aromatic carbocycles. The van der Waals surface area contributed by atoms with E-state index < -0.39 is 11.7 Å². The van der Waals surface area contributed by atoms with E-state index in [9.17, 15) is 22.8 Å². The summed E-state index contributed by atoms with van der Waals surface area (Å²) in [7, 11) is 0. The number of alkyl halides is 3. The van der Waals surface area contributed by atoms with E-state index in [1.165, 1.54) is 12.1 Å². The Hall–Kier alpha value is -2.91. The quantitative estimate of drug-likeness (QED) is 0.775. The number of piperazine rings is 1. The molecule has 1 aliphatic heterocycles. The van der Waals surface area contributed by atoms with Crippen LogP contribution in [-0.2, 0) is 22.2 Å². The van der Waals surface area contributed by atoms with Crippen LogP contribution in [-0.4, -0.2) is 57.4 Å². The highest BCUT2D eigenvalue weighted by Crippen LogP contribution is 2.31. The van der Waals surface area contributed by atoms with Crippen molar-refractivity contribution in [2.24, 2.45) is 0 Å². The van der Waals surface area contributed by atoms with Gasteiger partial charge in [0.2, 0.25) is 11.8 Å². The highest BCUT2D eigenvalue weighted by atomic mass is 19.4. The lowest BCUT2D eigenvalue weighted by Gasteiger charge is -2.39. The summed E-state index contributed by atoms with van der Waals surface area (Å²) in [5, 5.41) is 3.72. The molecule has 0 saturated carbocycles. The van der Waals surface area contributed by atoms with Crippen molar-refractivity contribution in [3.05, 3.63) is 35.7 Å². The van der Waals surface area contributed by atoms with Gasteiger partial charge >= 0.3 is 6.18 Å². The molecule has 1 atom stereocenters. The van der Waals surface area contributed by atoms with Crippen LogP contribution in [0.3, 0.4) is 0 Å². The number of halogens is 3. The number of hydrogen-bond acceptors (Lipinski definition) is 5. The van der Waals surface area contributed by atoms with Crippen LogP contribution < -0.4 is 0 Å². The number of aromatic nitrogens is 2. The van der Waals surface area contributed by atoms with Gasteiger partial charge in [0.05, 0.1) is 12.0 Å². The second-order valence-electron chi connectivity index (χ2n) is 6.90. The molecule has 0 bridgehead atoms. The van der Waals surface area contributed by atoms with Gasteiger partial charge in [-0.15, -0.1) is 0 Å². The fourth-order valence-electron chi connectivity index (χ4n) is 3.28. The van der Waals surface area contributed by atoms with Crippen LogP contribution in [0.1, 0.15) is 31.7 Å². The molecule has 156 valence electrons. The van der Waals surface area contributed by atoms with Crippen molar-refractivity contribution < 1.29 is 27.3 Å². The second kappa shape index (κ2) is 8.22. The van der Waals surface area contributed by atoms with E-state index in [0.717, 1.165) is 12.1 Å². The van der Waals surface area contributed by atoms with E-state index in [4.69, 9.17) is 4.52 Å².